The third-order valence-electron chi connectivity index (χ3n) is 5.31. The zero-order valence-corrected chi connectivity index (χ0v) is 17.4. The summed E-state index contributed by atoms with van der Waals surface area (Å²) in [6.45, 7) is 2.37. The van der Waals surface area contributed by atoms with Crippen LogP contribution in [-0.2, 0) is 11.2 Å². The second-order valence-electron chi connectivity index (χ2n) is 7.39. The van der Waals surface area contributed by atoms with Crippen molar-refractivity contribution in [3.05, 3.63) is 58.6 Å². The lowest BCUT2D eigenvalue weighted by Crippen LogP contribution is -2.43. The molecule has 1 fully saturated rings. The number of carbonyl (C=O) groups is 1. The number of fused-ring (bicyclic) bond motifs is 1. The summed E-state index contributed by atoms with van der Waals surface area (Å²) in [4.78, 5) is 22.9. The lowest BCUT2D eigenvalue weighted by Gasteiger charge is -2.31. The minimum atomic E-state index is 0.0189. The molecule has 1 aliphatic rings. The smallest absolute Gasteiger partial charge is 0.224 e. The number of anilines is 1. The lowest BCUT2D eigenvalue weighted by molar-refractivity contribution is -0.125. The van der Waals surface area contributed by atoms with Crippen molar-refractivity contribution in [3.8, 4) is 0 Å². The van der Waals surface area contributed by atoms with Gasteiger partial charge in [-0.3, -0.25) is 4.79 Å². The highest BCUT2D eigenvalue weighted by Crippen LogP contribution is 2.25. The summed E-state index contributed by atoms with van der Waals surface area (Å²) in [5.41, 5.74) is 3.28. The Morgan fingerprint density at radius 2 is 2.11 bits per heavy atom. The number of imidazole rings is 1. The molecule has 2 N–H and O–H groups in total. The van der Waals surface area contributed by atoms with Gasteiger partial charge in [-0.05, 0) is 49.4 Å². The molecule has 0 aliphatic carbocycles. The second kappa shape index (κ2) is 8.78. The van der Waals surface area contributed by atoms with E-state index in [4.69, 9.17) is 4.98 Å². The molecule has 5 nitrogen and oxygen atoms in total. The van der Waals surface area contributed by atoms with E-state index in [0.717, 1.165) is 60.2 Å². The zero-order chi connectivity index (χ0) is 19.3. The van der Waals surface area contributed by atoms with Crippen LogP contribution in [0.3, 0.4) is 0 Å². The normalized spacial score (nSPS) is 17.0. The fraction of sp³-hybridized carbons (Fsp3) is 0.364. The van der Waals surface area contributed by atoms with Crippen LogP contribution in [0.25, 0.3) is 11.0 Å². The van der Waals surface area contributed by atoms with Crippen LogP contribution in [0.2, 0.25) is 0 Å². The SMILES string of the molecule is O=C(NCCCc1ccccc1)[C@@H]1CCCN(c2nc3ccc(Br)cc3[nH]2)C1. The van der Waals surface area contributed by atoms with Gasteiger partial charge in [-0.2, -0.15) is 0 Å². The summed E-state index contributed by atoms with van der Waals surface area (Å²) in [5.74, 6) is 1.04. The summed E-state index contributed by atoms with van der Waals surface area (Å²) in [6.07, 6.45) is 3.90. The maximum atomic E-state index is 12.6. The van der Waals surface area contributed by atoms with Crippen molar-refractivity contribution in [2.24, 2.45) is 5.92 Å². The predicted octanol–water partition coefficient (Wildman–Crippen LogP) is 4.29. The number of aromatic nitrogens is 2. The van der Waals surface area contributed by atoms with Gasteiger partial charge in [0.05, 0.1) is 17.0 Å². The number of rotatable bonds is 6. The van der Waals surface area contributed by atoms with E-state index in [2.05, 4.69) is 55.4 Å². The van der Waals surface area contributed by atoms with Crippen LogP contribution < -0.4 is 10.2 Å². The third kappa shape index (κ3) is 4.55. The zero-order valence-electron chi connectivity index (χ0n) is 15.8. The fourth-order valence-corrected chi connectivity index (χ4v) is 4.16. The van der Waals surface area contributed by atoms with E-state index >= 15 is 0 Å². The summed E-state index contributed by atoms with van der Waals surface area (Å²) in [7, 11) is 0. The van der Waals surface area contributed by atoms with Gasteiger partial charge in [0.15, 0.2) is 0 Å². The van der Waals surface area contributed by atoms with Crippen molar-refractivity contribution in [3.63, 3.8) is 0 Å². The Morgan fingerprint density at radius 1 is 1.25 bits per heavy atom. The number of benzene rings is 2. The van der Waals surface area contributed by atoms with Crippen molar-refractivity contribution >= 4 is 38.8 Å². The molecule has 0 radical (unpaired) electrons. The van der Waals surface area contributed by atoms with Gasteiger partial charge in [-0.1, -0.05) is 46.3 Å². The standard InChI is InChI=1S/C22H25BrN4O/c23-18-10-11-19-20(14-18)26-22(25-19)27-13-5-9-17(15-27)21(28)24-12-4-8-16-6-2-1-3-7-16/h1-3,6-7,10-11,14,17H,4-5,8-9,12-13,15H2,(H,24,28)(H,25,26)/t17-/m1/s1. The molecule has 6 heteroatoms. The van der Waals surface area contributed by atoms with Crippen molar-refractivity contribution in [1.82, 2.24) is 15.3 Å². The van der Waals surface area contributed by atoms with Crippen molar-refractivity contribution in [2.45, 2.75) is 25.7 Å². The Bertz CT molecular complexity index is 940. The van der Waals surface area contributed by atoms with Crippen LogP contribution in [0.5, 0.6) is 0 Å². The first-order chi connectivity index (χ1) is 13.7. The molecule has 1 aliphatic heterocycles. The number of amides is 1. The molecular formula is C22H25BrN4O. The van der Waals surface area contributed by atoms with Crippen LogP contribution in [0.15, 0.2) is 53.0 Å². The minimum absolute atomic E-state index is 0.0189. The van der Waals surface area contributed by atoms with E-state index in [0.29, 0.717) is 6.54 Å². The molecule has 0 bridgehead atoms. The third-order valence-corrected chi connectivity index (χ3v) is 5.80. The fourth-order valence-electron chi connectivity index (χ4n) is 3.79. The molecule has 3 aromatic rings. The molecule has 0 spiro atoms. The predicted molar refractivity (Wildman–Crippen MR) is 117 cm³/mol. The van der Waals surface area contributed by atoms with E-state index in [1.165, 1.54) is 5.56 Å². The second-order valence-corrected chi connectivity index (χ2v) is 8.30. The van der Waals surface area contributed by atoms with Gasteiger partial charge in [0, 0.05) is 24.1 Å². The Kier molecular flexibility index (Phi) is 5.95. The molecule has 1 saturated heterocycles. The number of nitrogens with one attached hydrogen (secondary N) is 2. The molecule has 1 atom stereocenters. The summed E-state index contributed by atoms with van der Waals surface area (Å²) in [5, 5.41) is 3.13. The number of halogens is 1. The Morgan fingerprint density at radius 3 is 2.96 bits per heavy atom. The average Bonchev–Trinajstić information content (AvgIpc) is 3.15. The molecule has 28 heavy (non-hydrogen) atoms. The Hall–Kier alpha value is -2.34. The van der Waals surface area contributed by atoms with Crippen LogP contribution in [0, 0.1) is 5.92 Å². The Balaban J connectivity index is 1.30. The first-order valence-electron chi connectivity index (χ1n) is 9.91. The number of hydrogen-bond donors (Lipinski definition) is 2. The van der Waals surface area contributed by atoms with E-state index in [1.54, 1.807) is 0 Å². The van der Waals surface area contributed by atoms with Crippen molar-refractivity contribution in [1.29, 1.82) is 0 Å². The first kappa shape index (κ1) is 19.0. The highest BCUT2D eigenvalue weighted by molar-refractivity contribution is 9.10. The van der Waals surface area contributed by atoms with Crippen molar-refractivity contribution < 1.29 is 4.79 Å². The largest absolute Gasteiger partial charge is 0.356 e. The average molecular weight is 441 g/mol. The molecule has 0 unspecified atom stereocenters. The monoisotopic (exact) mass is 440 g/mol. The summed E-state index contributed by atoms with van der Waals surface area (Å²) >= 11 is 3.50. The number of hydrogen-bond acceptors (Lipinski definition) is 3. The van der Waals surface area contributed by atoms with Crippen LogP contribution in [-0.4, -0.2) is 35.5 Å². The summed E-state index contributed by atoms with van der Waals surface area (Å²) in [6, 6.07) is 16.4. The lowest BCUT2D eigenvalue weighted by atomic mass is 9.97. The van der Waals surface area contributed by atoms with Gasteiger partial charge < -0.3 is 15.2 Å². The van der Waals surface area contributed by atoms with Crippen LogP contribution in [0.4, 0.5) is 5.95 Å². The summed E-state index contributed by atoms with van der Waals surface area (Å²) < 4.78 is 1.03. The molecule has 1 amide bonds. The van der Waals surface area contributed by atoms with E-state index in [-0.39, 0.29) is 11.8 Å². The van der Waals surface area contributed by atoms with Gasteiger partial charge in [0.25, 0.3) is 0 Å². The van der Waals surface area contributed by atoms with Crippen molar-refractivity contribution in [2.75, 3.05) is 24.5 Å². The molecule has 2 heterocycles. The number of aryl methyl sites for hydroxylation is 1. The maximum Gasteiger partial charge on any atom is 0.224 e. The molecule has 4 rings (SSSR count). The van der Waals surface area contributed by atoms with Gasteiger partial charge in [0.2, 0.25) is 11.9 Å². The molecule has 2 aromatic carbocycles. The van der Waals surface area contributed by atoms with E-state index < -0.39 is 0 Å². The number of aromatic amines is 1. The van der Waals surface area contributed by atoms with Gasteiger partial charge in [0.1, 0.15) is 0 Å². The number of piperidine rings is 1. The highest BCUT2D eigenvalue weighted by atomic mass is 79.9. The maximum absolute atomic E-state index is 12.6. The first-order valence-corrected chi connectivity index (χ1v) is 10.7. The van der Waals surface area contributed by atoms with Crippen LogP contribution in [0.1, 0.15) is 24.8 Å². The molecular weight excluding hydrogens is 416 g/mol. The number of H-pyrrole nitrogens is 1. The highest BCUT2D eigenvalue weighted by Gasteiger charge is 2.27. The minimum Gasteiger partial charge on any atom is -0.356 e. The number of carbonyl (C=O) groups excluding carboxylic acids is 1. The van der Waals surface area contributed by atoms with E-state index in [1.807, 2.05) is 24.3 Å². The molecule has 0 saturated carbocycles. The van der Waals surface area contributed by atoms with Gasteiger partial charge in [-0.15, -0.1) is 0 Å². The van der Waals surface area contributed by atoms with E-state index in [9.17, 15) is 4.79 Å². The molecule has 1 aromatic heterocycles. The van der Waals surface area contributed by atoms with Gasteiger partial charge >= 0.3 is 0 Å². The molecule has 146 valence electrons. The topological polar surface area (TPSA) is 61.0 Å². The Labute approximate surface area is 173 Å². The van der Waals surface area contributed by atoms with Gasteiger partial charge in [-0.25, -0.2) is 4.98 Å². The van der Waals surface area contributed by atoms with Crippen LogP contribution >= 0.6 is 15.9 Å². The number of nitrogens with zero attached hydrogens (tertiary/aromatic N) is 2. The quantitative estimate of drug-likeness (QED) is 0.561.